The fourth-order valence-corrected chi connectivity index (χ4v) is 2.38. The first-order valence-electron chi connectivity index (χ1n) is 4.83. The van der Waals surface area contributed by atoms with E-state index in [4.69, 9.17) is 0 Å². The third kappa shape index (κ3) is 2.51. The van der Waals surface area contributed by atoms with Gasteiger partial charge >= 0.3 is 0 Å². The molecule has 0 aromatic carbocycles. The summed E-state index contributed by atoms with van der Waals surface area (Å²) in [7, 11) is 1.87. The summed E-state index contributed by atoms with van der Waals surface area (Å²) in [5.74, 6) is 1.79. The number of aromatic nitrogens is 2. The minimum atomic E-state index is -0.0387. The molecule has 0 saturated carbocycles. The van der Waals surface area contributed by atoms with Crippen molar-refractivity contribution in [2.24, 2.45) is 7.05 Å². The van der Waals surface area contributed by atoms with Crippen LogP contribution in [0.1, 0.15) is 5.69 Å². The van der Waals surface area contributed by atoms with Gasteiger partial charge in [-0.25, -0.2) is 0 Å². The molecule has 1 saturated heterocycles. The average Bonchev–Trinajstić information content (AvgIpc) is 2.85. The van der Waals surface area contributed by atoms with Crippen LogP contribution in [-0.4, -0.2) is 33.4 Å². The van der Waals surface area contributed by atoms with E-state index in [2.05, 4.69) is 15.7 Å². The molecule has 1 atom stereocenters. The van der Waals surface area contributed by atoms with E-state index in [1.807, 2.05) is 13.1 Å². The minimum absolute atomic E-state index is 0.0387. The Morgan fingerprint density at radius 3 is 3.33 bits per heavy atom. The number of amides is 1. The van der Waals surface area contributed by atoms with Gasteiger partial charge in [0.15, 0.2) is 0 Å². The standard InChI is InChI=1S/C9H14N4OS/c1-13-7(2-3-12-13)4-10-9(14)8-5-15-6-11-8/h2-3,8,11H,4-6H2,1H3,(H,10,14). The molecule has 2 rings (SSSR count). The van der Waals surface area contributed by atoms with Gasteiger partial charge in [-0.15, -0.1) is 11.8 Å². The van der Waals surface area contributed by atoms with E-state index in [-0.39, 0.29) is 11.9 Å². The van der Waals surface area contributed by atoms with Crippen molar-refractivity contribution in [3.63, 3.8) is 0 Å². The van der Waals surface area contributed by atoms with E-state index < -0.39 is 0 Å². The number of hydrogen-bond acceptors (Lipinski definition) is 4. The number of carbonyl (C=O) groups is 1. The van der Waals surface area contributed by atoms with Gasteiger partial charge in [0.05, 0.1) is 18.3 Å². The van der Waals surface area contributed by atoms with Crippen molar-refractivity contribution in [3.8, 4) is 0 Å². The molecule has 5 nitrogen and oxygen atoms in total. The first kappa shape index (κ1) is 10.5. The van der Waals surface area contributed by atoms with Crippen LogP contribution in [0.25, 0.3) is 0 Å². The largest absolute Gasteiger partial charge is 0.349 e. The van der Waals surface area contributed by atoms with E-state index in [0.29, 0.717) is 6.54 Å². The highest BCUT2D eigenvalue weighted by molar-refractivity contribution is 7.99. The third-order valence-corrected chi connectivity index (χ3v) is 3.34. The molecule has 0 bridgehead atoms. The Kier molecular flexibility index (Phi) is 3.27. The molecule has 1 aliphatic heterocycles. The molecule has 15 heavy (non-hydrogen) atoms. The monoisotopic (exact) mass is 226 g/mol. The van der Waals surface area contributed by atoms with Crippen LogP contribution < -0.4 is 10.6 Å². The second kappa shape index (κ2) is 4.67. The molecule has 6 heteroatoms. The normalized spacial score (nSPS) is 20.5. The summed E-state index contributed by atoms with van der Waals surface area (Å²) < 4.78 is 1.76. The van der Waals surface area contributed by atoms with Crippen molar-refractivity contribution in [3.05, 3.63) is 18.0 Å². The second-order valence-electron chi connectivity index (χ2n) is 3.44. The third-order valence-electron chi connectivity index (χ3n) is 2.40. The molecule has 1 aromatic rings. The average molecular weight is 226 g/mol. The van der Waals surface area contributed by atoms with Crippen molar-refractivity contribution < 1.29 is 4.79 Å². The number of thioether (sulfide) groups is 1. The molecule has 1 aromatic heterocycles. The number of rotatable bonds is 3. The first-order valence-corrected chi connectivity index (χ1v) is 5.98. The van der Waals surface area contributed by atoms with Gasteiger partial charge in [-0.1, -0.05) is 0 Å². The molecule has 82 valence electrons. The van der Waals surface area contributed by atoms with Gasteiger partial charge in [-0.05, 0) is 6.07 Å². The van der Waals surface area contributed by atoms with Crippen LogP contribution in [0.5, 0.6) is 0 Å². The van der Waals surface area contributed by atoms with Crippen LogP contribution in [-0.2, 0) is 18.4 Å². The molecule has 1 unspecified atom stereocenters. The minimum Gasteiger partial charge on any atom is -0.349 e. The zero-order valence-corrected chi connectivity index (χ0v) is 9.38. The number of aryl methyl sites for hydroxylation is 1. The molecule has 0 aliphatic carbocycles. The molecule has 0 spiro atoms. The van der Waals surface area contributed by atoms with Crippen LogP contribution in [0, 0.1) is 0 Å². The molecule has 1 aliphatic rings. The maximum Gasteiger partial charge on any atom is 0.238 e. The van der Waals surface area contributed by atoms with Gasteiger partial charge in [0.1, 0.15) is 0 Å². The Morgan fingerprint density at radius 2 is 2.73 bits per heavy atom. The molecular formula is C9H14N4OS. The van der Waals surface area contributed by atoms with E-state index in [9.17, 15) is 4.79 Å². The fourth-order valence-electron chi connectivity index (χ4n) is 1.44. The Bertz CT molecular complexity index is 346. The molecule has 1 amide bonds. The Labute approximate surface area is 92.6 Å². The Balaban J connectivity index is 1.83. The smallest absolute Gasteiger partial charge is 0.238 e. The van der Waals surface area contributed by atoms with Crippen LogP contribution in [0.3, 0.4) is 0 Å². The van der Waals surface area contributed by atoms with Crippen LogP contribution in [0.2, 0.25) is 0 Å². The number of nitrogens with zero attached hydrogens (tertiary/aromatic N) is 2. The van der Waals surface area contributed by atoms with Crippen molar-refractivity contribution in [2.75, 3.05) is 11.6 Å². The Hall–Kier alpha value is -1.01. The van der Waals surface area contributed by atoms with Gasteiger partial charge in [-0.3, -0.25) is 14.8 Å². The fraction of sp³-hybridized carbons (Fsp3) is 0.556. The molecule has 2 heterocycles. The highest BCUT2D eigenvalue weighted by Gasteiger charge is 2.21. The van der Waals surface area contributed by atoms with Crippen LogP contribution in [0.4, 0.5) is 0 Å². The molecule has 0 radical (unpaired) electrons. The topological polar surface area (TPSA) is 59.0 Å². The maximum absolute atomic E-state index is 11.6. The number of hydrogen-bond donors (Lipinski definition) is 2. The van der Waals surface area contributed by atoms with Gasteiger partial charge in [0.25, 0.3) is 0 Å². The van der Waals surface area contributed by atoms with Crippen molar-refractivity contribution in [1.29, 1.82) is 0 Å². The highest BCUT2D eigenvalue weighted by atomic mass is 32.2. The van der Waals surface area contributed by atoms with Gasteiger partial charge in [0.2, 0.25) is 5.91 Å². The predicted octanol–water partition coefficient (Wildman–Crippen LogP) is -0.301. The van der Waals surface area contributed by atoms with Crippen molar-refractivity contribution >= 4 is 17.7 Å². The van der Waals surface area contributed by atoms with Gasteiger partial charge < -0.3 is 5.32 Å². The number of nitrogens with one attached hydrogen (secondary N) is 2. The lowest BCUT2D eigenvalue weighted by molar-refractivity contribution is -0.122. The lowest BCUT2D eigenvalue weighted by Crippen LogP contribution is -2.41. The zero-order valence-electron chi connectivity index (χ0n) is 8.56. The summed E-state index contributed by atoms with van der Waals surface area (Å²) in [5, 5.41) is 10.1. The first-order chi connectivity index (χ1) is 7.27. The Morgan fingerprint density at radius 1 is 1.87 bits per heavy atom. The SMILES string of the molecule is Cn1nccc1CNC(=O)C1CSCN1. The summed E-state index contributed by atoms with van der Waals surface area (Å²) in [6.07, 6.45) is 1.73. The van der Waals surface area contributed by atoms with E-state index in [0.717, 1.165) is 17.3 Å². The van der Waals surface area contributed by atoms with Crippen molar-refractivity contribution in [1.82, 2.24) is 20.4 Å². The predicted molar refractivity (Wildman–Crippen MR) is 59.3 cm³/mol. The van der Waals surface area contributed by atoms with Gasteiger partial charge in [-0.2, -0.15) is 5.10 Å². The van der Waals surface area contributed by atoms with E-state index in [1.165, 1.54) is 0 Å². The van der Waals surface area contributed by atoms with Gasteiger partial charge in [0, 0.05) is 24.9 Å². The summed E-state index contributed by atoms with van der Waals surface area (Å²) in [6, 6.07) is 1.86. The number of carbonyl (C=O) groups excluding carboxylic acids is 1. The lowest BCUT2D eigenvalue weighted by atomic mass is 10.3. The maximum atomic E-state index is 11.6. The second-order valence-corrected chi connectivity index (χ2v) is 4.47. The summed E-state index contributed by atoms with van der Waals surface area (Å²) >= 11 is 1.75. The van der Waals surface area contributed by atoms with Crippen molar-refractivity contribution in [2.45, 2.75) is 12.6 Å². The van der Waals surface area contributed by atoms with Crippen LogP contribution in [0.15, 0.2) is 12.3 Å². The molecule has 1 fully saturated rings. The highest BCUT2D eigenvalue weighted by Crippen LogP contribution is 2.09. The van der Waals surface area contributed by atoms with E-state index >= 15 is 0 Å². The summed E-state index contributed by atoms with van der Waals surface area (Å²) in [4.78, 5) is 11.6. The molecule has 2 N–H and O–H groups in total. The molecular weight excluding hydrogens is 212 g/mol. The summed E-state index contributed by atoms with van der Waals surface area (Å²) in [6.45, 7) is 0.540. The van der Waals surface area contributed by atoms with E-state index in [1.54, 1.807) is 22.6 Å². The zero-order chi connectivity index (χ0) is 10.7. The quantitative estimate of drug-likeness (QED) is 0.743. The summed E-state index contributed by atoms with van der Waals surface area (Å²) in [5.41, 5.74) is 1.01. The van der Waals surface area contributed by atoms with Crippen LogP contribution >= 0.6 is 11.8 Å². The lowest BCUT2D eigenvalue weighted by Gasteiger charge is -2.10.